The SMILES string of the molecule is NC(N)=NCCC[C@H](NC(=O)[C@@H](N)Cc1ccc(O)cc1)C(=O)N[C@@H](Cc1cnc[nH]1)C(=O)O. The Morgan fingerprint density at radius 1 is 1.06 bits per heavy atom. The number of benzene rings is 1. The van der Waals surface area contributed by atoms with Gasteiger partial charge in [-0.15, -0.1) is 0 Å². The standard InChI is InChI=1S/C21H30N8O5/c22-15(8-12-3-5-14(30)6-4-12)18(31)28-16(2-1-7-26-21(23)24)19(32)29-17(20(33)34)9-13-10-25-11-27-13/h3-6,10-11,15-17,30H,1-2,7-9,22H2,(H,25,27)(H,28,31)(H,29,32)(H,33,34)(H4,23,24,26)/t15-,16-,17-/m0/s1. The van der Waals surface area contributed by atoms with Crippen LogP contribution < -0.4 is 27.8 Å². The highest BCUT2D eigenvalue weighted by Crippen LogP contribution is 2.11. The number of hydrogen-bond donors (Lipinski definition) is 8. The average molecular weight is 475 g/mol. The number of nitrogens with zero attached hydrogens (tertiary/aromatic N) is 2. The van der Waals surface area contributed by atoms with E-state index >= 15 is 0 Å². The van der Waals surface area contributed by atoms with Crippen molar-refractivity contribution in [2.75, 3.05) is 6.54 Å². The Balaban J connectivity index is 2.05. The zero-order chi connectivity index (χ0) is 25.1. The third-order valence-corrected chi connectivity index (χ3v) is 4.90. The molecule has 184 valence electrons. The summed E-state index contributed by atoms with van der Waals surface area (Å²) < 4.78 is 0. The molecule has 34 heavy (non-hydrogen) atoms. The smallest absolute Gasteiger partial charge is 0.326 e. The number of imidazole rings is 1. The molecule has 0 bridgehead atoms. The normalized spacial score (nSPS) is 13.3. The number of aliphatic carboxylic acids is 1. The number of rotatable bonds is 13. The molecule has 3 atom stereocenters. The van der Waals surface area contributed by atoms with Crippen LogP contribution in [0.5, 0.6) is 5.75 Å². The Kier molecular flexibility index (Phi) is 9.83. The summed E-state index contributed by atoms with van der Waals surface area (Å²) in [7, 11) is 0. The van der Waals surface area contributed by atoms with Crippen LogP contribution in [0.1, 0.15) is 24.1 Å². The molecule has 2 amide bonds. The molecule has 0 aliphatic heterocycles. The van der Waals surface area contributed by atoms with Crippen molar-refractivity contribution in [2.45, 2.75) is 43.8 Å². The molecule has 13 nitrogen and oxygen atoms in total. The van der Waals surface area contributed by atoms with Gasteiger partial charge in [-0.05, 0) is 37.0 Å². The number of carboxylic acids is 1. The first-order valence-corrected chi connectivity index (χ1v) is 10.6. The topological polar surface area (TPSA) is 235 Å². The Morgan fingerprint density at radius 3 is 2.32 bits per heavy atom. The van der Waals surface area contributed by atoms with E-state index in [-0.39, 0.29) is 37.5 Å². The number of guanidine groups is 1. The number of phenolic OH excluding ortho intramolecular Hbond substituents is 1. The summed E-state index contributed by atoms with van der Waals surface area (Å²) in [5.41, 5.74) is 17.9. The largest absolute Gasteiger partial charge is 0.508 e. The lowest BCUT2D eigenvalue weighted by Gasteiger charge is -2.23. The fourth-order valence-electron chi connectivity index (χ4n) is 3.12. The first-order chi connectivity index (χ1) is 16.2. The number of carboxylic acid groups (broad SMARTS) is 1. The lowest BCUT2D eigenvalue weighted by molar-refractivity contribution is -0.142. The quantitative estimate of drug-likeness (QED) is 0.0940. The predicted octanol–water partition coefficient (Wildman–Crippen LogP) is -1.66. The van der Waals surface area contributed by atoms with E-state index in [0.29, 0.717) is 12.1 Å². The third-order valence-electron chi connectivity index (χ3n) is 4.90. The summed E-state index contributed by atoms with van der Waals surface area (Å²) >= 11 is 0. The summed E-state index contributed by atoms with van der Waals surface area (Å²) in [5.74, 6) is -2.52. The highest BCUT2D eigenvalue weighted by Gasteiger charge is 2.28. The molecule has 0 aliphatic carbocycles. The number of H-pyrrole nitrogens is 1. The summed E-state index contributed by atoms with van der Waals surface area (Å²) in [6, 6.07) is 2.95. The highest BCUT2D eigenvalue weighted by atomic mass is 16.4. The van der Waals surface area contributed by atoms with Gasteiger partial charge in [0.1, 0.15) is 17.8 Å². The molecule has 0 aliphatic rings. The van der Waals surface area contributed by atoms with Gasteiger partial charge in [-0.25, -0.2) is 9.78 Å². The molecule has 1 aromatic heterocycles. The maximum atomic E-state index is 12.9. The predicted molar refractivity (Wildman–Crippen MR) is 123 cm³/mol. The first-order valence-electron chi connectivity index (χ1n) is 10.6. The second-order valence-electron chi connectivity index (χ2n) is 7.67. The van der Waals surface area contributed by atoms with E-state index in [1.807, 2.05) is 0 Å². The van der Waals surface area contributed by atoms with Gasteiger partial charge in [-0.3, -0.25) is 14.6 Å². The molecule has 0 unspecified atom stereocenters. The molecular formula is C21H30N8O5. The molecule has 0 fully saturated rings. The van der Waals surface area contributed by atoms with E-state index in [0.717, 1.165) is 5.56 Å². The number of aliphatic imine (C=N–C) groups is 1. The van der Waals surface area contributed by atoms with Crippen molar-refractivity contribution in [2.24, 2.45) is 22.2 Å². The highest BCUT2D eigenvalue weighted by molar-refractivity contribution is 5.91. The van der Waals surface area contributed by atoms with E-state index in [1.165, 1.54) is 24.7 Å². The molecule has 0 saturated carbocycles. The van der Waals surface area contributed by atoms with Crippen LogP contribution in [-0.4, -0.2) is 68.6 Å². The minimum atomic E-state index is -1.24. The van der Waals surface area contributed by atoms with Crippen LogP contribution in [0.25, 0.3) is 0 Å². The number of aromatic hydroxyl groups is 1. The fraction of sp³-hybridized carbons (Fsp3) is 0.381. The van der Waals surface area contributed by atoms with Gasteiger partial charge in [0.25, 0.3) is 0 Å². The number of aromatic nitrogens is 2. The molecule has 13 heteroatoms. The number of nitrogens with two attached hydrogens (primary N) is 3. The number of hydrogen-bond acceptors (Lipinski definition) is 7. The summed E-state index contributed by atoms with van der Waals surface area (Å²) in [5, 5.41) is 23.9. The Labute approximate surface area is 195 Å². The van der Waals surface area contributed by atoms with E-state index in [2.05, 4.69) is 25.6 Å². The van der Waals surface area contributed by atoms with Crippen molar-refractivity contribution in [1.29, 1.82) is 0 Å². The van der Waals surface area contributed by atoms with E-state index < -0.39 is 35.9 Å². The Bertz CT molecular complexity index is 974. The molecule has 2 aromatic rings. The van der Waals surface area contributed by atoms with Gasteiger partial charge in [-0.1, -0.05) is 12.1 Å². The van der Waals surface area contributed by atoms with E-state index in [1.54, 1.807) is 12.1 Å². The first kappa shape index (κ1) is 26.1. The van der Waals surface area contributed by atoms with Gasteiger partial charge in [0, 0.05) is 24.9 Å². The van der Waals surface area contributed by atoms with Gasteiger partial charge < -0.3 is 43.0 Å². The number of nitrogens with one attached hydrogen (secondary N) is 3. The molecule has 0 saturated heterocycles. The Morgan fingerprint density at radius 2 is 1.74 bits per heavy atom. The van der Waals surface area contributed by atoms with Crippen LogP contribution in [0.4, 0.5) is 0 Å². The van der Waals surface area contributed by atoms with Gasteiger partial charge in [-0.2, -0.15) is 0 Å². The number of amides is 2. The molecule has 1 heterocycles. The number of phenols is 1. The van der Waals surface area contributed by atoms with Gasteiger partial charge in [0.15, 0.2) is 5.96 Å². The van der Waals surface area contributed by atoms with Crippen molar-refractivity contribution in [3.05, 3.63) is 48.0 Å². The maximum Gasteiger partial charge on any atom is 0.326 e. The number of carbonyl (C=O) groups excluding carboxylic acids is 2. The molecular weight excluding hydrogens is 444 g/mol. The second-order valence-corrected chi connectivity index (χ2v) is 7.67. The maximum absolute atomic E-state index is 12.9. The van der Waals surface area contributed by atoms with Crippen LogP contribution in [0, 0.1) is 0 Å². The average Bonchev–Trinajstić information content (AvgIpc) is 3.29. The van der Waals surface area contributed by atoms with Crippen molar-refractivity contribution >= 4 is 23.7 Å². The molecule has 11 N–H and O–H groups in total. The van der Waals surface area contributed by atoms with Crippen molar-refractivity contribution in [1.82, 2.24) is 20.6 Å². The van der Waals surface area contributed by atoms with Gasteiger partial charge in [0.2, 0.25) is 11.8 Å². The lowest BCUT2D eigenvalue weighted by Crippen LogP contribution is -2.55. The van der Waals surface area contributed by atoms with Crippen LogP contribution in [0.2, 0.25) is 0 Å². The minimum absolute atomic E-state index is 0.0178. The van der Waals surface area contributed by atoms with Crippen molar-refractivity contribution < 1.29 is 24.6 Å². The van der Waals surface area contributed by atoms with E-state index in [4.69, 9.17) is 17.2 Å². The van der Waals surface area contributed by atoms with Gasteiger partial charge >= 0.3 is 5.97 Å². The fourth-order valence-corrected chi connectivity index (χ4v) is 3.12. The molecule has 0 radical (unpaired) electrons. The second kappa shape index (κ2) is 12.8. The Hall–Kier alpha value is -4.13. The summed E-state index contributed by atoms with van der Waals surface area (Å²) in [6.07, 6.45) is 3.51. The van der Waals surface area contributed by atoms with Crippen molar-refractivity contribution in [3.63, 3.8) is 0 Å². The number of aromatic amines is 1. The van der Waals surface area contributed by atoms with E-state index in [9.17, 15) is 24.6 Å². The molecule has 2 rings (SSSR count). The number of carbonyl (C=O) groups is 3. The lowest BCUT2D eigenvalue weighted by atomic mass is 10.0. The monoisotopic (exact) mass is 474 g/mol. The van der Waals surface area contributed by atoms with Crippen LogP contribution >= 0.6 is 0 Å². The van der Waals surface area contributed by atoms with Crippen LogP contribution in [0.3, 0.4) is 0 Å². The van der Waals surface area contributed by atoms with Crippen molar-refractivity contribution in [3.8, 4) is 5.75 Å². The van der Waals surface area contributed by atoms with Crippen LogP contribution in [0.15, 0.2) is 41.8 Å². The molecule has 0 spiro atoms. The van der Waals surface area contributed by atoms with Crippen LogP contribution in [-0.2, 0) is 27.2 Å². The summed E-state index contributed by atoms with van der Waals surface area (Å²) in [6.45, 7) is 0.220. The third kappa shape index (κ3) is 8.78. The zero-order valence-corrected chi connectivity index (χ0v) is 18.5. The zero-order valence-electron chi connectivity index (χ0n) is 18.5. The van der Waals surface area contributed by atoms with Gasteiger partial charge in [0.05, 0.1) is 12.4 Å². The molecule has 1 aromatic carbocycles. The minimum Gasteiger partial charge on any atom is -0.508 e. The summed E-state index contributed by atoms with van der Waals surface area (Å²) in [4.78, 5) is 47.7.